The van der Waals surface area contributed by atoms with Gasteiger partial charge in [-0.2, -0.15) is 0 Å². The standard InChI is InChI=1S/C11H12FNO2/c1-3-15-11(14)8-4-5-9(7(2)13)10(12)6-8/h4-6,13H,3H2,1-2H3. The molecule has 0 aliphatic heterocycles. The van der Waals surface area contributed by atoms with Gasteiger partial charge in [-0.1, -0.05) is 0 Å². The molecule has 1 aromatic carbocycles. The average Bonchev–Trinajstić information content (AvgIpc) is 2.17. The lowest BCUT2D eigenvalue weighted by Crippen LogP contribution is -2.06. The molecule has 1 rings (SSSR count). The van der Waals surface area contributed by atoms with Gasteiger partial charge in [0.05, 0.1) is 12.2 Å². The number of hydrogen-bond donors (Lipinski definition) is 1. The molecule has 0 bridgehead atoms. The number of ether oxygens (including phenoxy) is 1. The zero-order valence-corrected chi connectivity index (χ0v) is 8.63. The third-order valence-electron chi connectivity index (χ3n) is 1.88. The van der Waals surface area contributed by atoms with Gasteiger partial charge in [0.15, 0.2) is 0 Å². The number of esters is 1. The van der Waals surface area contributed by atoms with Crippen molar-refractivity contribution in [2.45, 2.75) is 13.8 Å². The molecule has 0 aliphatic carbocycles. The summed E-state index contributed by atoms with van der Waals surface area (Å²) in [5.41, 5.74) is 0.491. The Morgan fingerprint density at radius 1 is 1.53 bits per heavy atom. The second-order valence-corrected chi connectivity index (χ2v) is 3.04. The molecule has 3 nitrogen and oxygen atoms in total. The fourth-order valence-electron chi connectivity index (χ4n) is 1.16. The van der Waals surface area contributed by atoms with Gasteiger partial charge in [0, 0.05) is 11.3 Å². The molecule has 0 saturated heterocycles. The zero-order valence-electron chi connectivity index (χ0n) is 8.63. The molecule has 0 amide bonds. The Morgan fingerprint density at radius 2 is 2.20 bits per heavy atom. The third kappa shape index (κ3) is 2.62. The Hall–Kier alpha value is -1.71. The molecule has 0 fully saturated rings. The minimum absolute atomic E-state index is 0.128. The van der Waals surface area contributed by atoms with E-state index >= 15 is 0 Å². The quantitative estimate of drug-likeness (QED) is 0.613. The van der Waals surface area contributed by atoms with Crippen LogP contribution in [0.3, 0.4) is 0 Å². The van der Waals surface area contributed by atoms with E-state index in [9.17, 15) is 9.18 Å². The number of halogens is 1. The predicted molar refractivity (Wildman–Crippen MR) is 54.9 cm³/mol. The molecule has 1 aromatic rings. The summed E-state index contributed by atoms with van der Waals surface area (Å²) in [6.07, 6.45) is 0. The van der Waals surface area contributed by atoms with Crippen LogP contribution in [0.25, 0.3) is 0 Å². The number of carbonyl (C=O) groups excluding carboxylic acids is 1. The van der Waals surface area contributed by atoms with E-state index in [4.69, 9.17) is 10.1 Å². The molecule has 0 aliphatic rings. The monoisotopic (exact) mass is 209 g/mol. The van der Waals surface area contributed by atoms with Crippen molar-refractivity contribution in [2.24, 2.45) is 0 Å². The van der Waals surface area contributed by atoms with Crippen LogP contribution in [0.2, 0.25) is 0 Å². The molecule has 0 spiro atoms. The summed E-state index contributed by atoms with van der Waals surface area (Å²) in [4.78, 5) is 11.2. The van der Waals surface area contributed by atoms with Gasteiger partial charge in [-0.15, -0.1) is 0 Å². The van der Waals surface area contributed by atoms with E-state index in [2.05, 4.69) is 0 Å². The van der Waals surface area contributed by atoms with Gasteiger partial charge < -0.3 is 10.1 Å². The summed E-state index contributed by atoms with van der Waals surface area (Å²) in [6, 6.07) is 3.95. The van der Waals surface area contributed by atoms with E-state index in [0.717, 1.165) is 6.07 Å². The molecular formula is C11H12FNO2. The molecule has 4 heteroatoms. The maximum Gasteiger partial charge on any atom is 0.338 e. The van der Waals surface area contributed by atoms with Crippen molar-refractivity contribution in [2.75, 3.05) is 6.61 Å². The summed E-state index contributed by atoms with van der Waals surface area (Å²) in [5, 5.41) is 7.28. The minimum atomic E-state index is -0.576. The molecule has 0 radical (unpaired) electrons. The zero-order chi connectivity index (χ0) is 11.4. The van der Waals surface area contributed by atoms with Crippen molar-refractivity contribution in [3.05, 3.63) is 35.1 Å². The number of hydrogen-bond acceptors (Lipinski definition) is 3. The lowest BCUT2D eigenvalue weighted by molar-refractivity contribution is 0.0526. The number of rotatable bonds is 3. The smallest absolute Gasteiger partial charge is 0.338 e. The first-order chi connectivity index (χ1) is 7.06. The summed E-state index contributed by atoms with van der Waals surface area (Å²) in [6.45, 7) is 3.43. The van der Waals surface area contributed by atoms with Gasteiger partial charge >= 0.3 is 5.97 Å². The van der Waals surface area contributed by atoms with Gasteiger partial charge in [-0.3, -0.25) is 0 Å². The molecule has 0 atom stereocenters. The van der Waals surface area contributed by atoms with Crippen molar-refractivity contribution >= 4 is 11.7 Å². The molecule has 80 valence electrons. The van der Waals surface area contributed by atoms with Crippen molar-refractivity contribution in [1.82, 2.24) is 0 Å². The highest BCUT2D eigenvalue weighted by Gasteiger charge is 2.10. The minimum Gasteiger partial charge on any atom is -0.462 e. The van der Waals surface area contributed by atoms with Crippen LogP contribution < -0.4 is 0 Å². The highest BCUT2D eigenvalue weighted by atomic mass is 19.1. The summed E-state index contributed by atoms with van der Waals surface area (Å²) >= 11 is 0. The topological polar surface area (TPSA) is 50.2 Å². The maximum absolute atomic E-state index is 13.4. The number of benzene rings is 1. The van der Waals surface area contributed by atoms with Crippen LogP contribution in [-0.4, -0.2) is 18.3 Å². The Kier molecular flexibility index (Phi) is 3.55. The summed E-state index contributed by atoms with van der Waals surface area (Å²) in [5.74, 6) is -1.13. The number of nitrogens with one attached hydrogen (secondary N) is 1. The normalized spacial score (nSPS) is 9.80. The van der Waals surface area contributed by atoms with Crippen LogP contribution in [0.4, 0.5) is 4.39 Å². The Bertz CT molecular complexity index is 402. The van der Waals surface area contributed by atoms with Crippen molar-refractivity contribution in [1.29, 1.82) is 5.41 Å². The maximum atomic E-state index is 13.4. The van der Waals surface area contributed by atoms with Crippen LogP contribution in [0.15, 0.2) is 18.2 Å². The Balaban J connectivity index is 3.01. The highest BCUT2D eigenvalue weighted by Crippen LogP contribution is 2.12. The largest absolute Gasteiger partial charge is 0.462 e. The van der Waals surface area contributed by atoms with Gasteiger partial charge in [0.25, 0.3) is 0 Å². The van der Waals surface area contributed by atoms with E-state index in [1.54, 1.807) is 6.92 Å². The van der Waals surface area contributed by atoms with E-state index in [1.807, 2.05) is 0 Å². The molecule has 15 heavy (non-hydrogen) atoms. The molecular weight excluding hydrogens is 197 g/mol. The van der Waals surface area contributed by atoms with E-state index in [1.165, 1.54) is 19.1 Å². The third-order valence-corrected chi connectivity index (χ3v) is 1.88. The van der Waals surface area contributed by atoms with Crippen LogP contribution in [0.1, 0.15) is 29.8 Å². The summed E-state index contributed by atoms with van der Waals surface area (Å²) < 4.78 is 18.1. The fourth-order valence-corrected chi connectivity index (χ4v) is 1.16. The van der Waals surface area contributed by atoms with Crippen LogP contribution in [0.5, 0.6) is 0 Å². The van der Waals surface area contributed by atoms with Crippen LogP contribution in [-0.2, 0) is 4.74 Å². The van der Waals surface area contributed by atoms with E-state index < -0.39 is 11.8 Å². The van der Waals surface area contributed by atoms with Gasteiger partial charge in [0.1, 0.15) is 5.82 Å². The molecule has 0 heterocycles. The van der Waals surface area contributed by atoms with Crippen LogP contribution >= 0.6 is 0 Å². The van der Waals surface area contributed by atoms with Gasteiger partial charge in [-0.05, 0) is 32.0 Å². The van der Waals surface area contributed by atoms with Gasteiger partial charge in [0.2, 0.25) is 0 Å². The van der Waals surface area contributed by atoms with Gasteiger partial charge in [-0.25, -0.2) is 9.18 Å². The SMILES string of the molecule is CCOC(=O)c1ccc(C(C)=N)c(F)c1. The Morgan fingerprint density at radius 3 is 2.67 bits per heavy atom. The highest BCUT2D eigenvalue weighted by molar-refractivity contribution is 5.98. The molecule has 0 unspecified atom stereocenters. The van der Waals surface area contributed by atoms with E-state index in [0.29, 0.717) is 0 Å². The summed E-state index contributed by atoms with van der Waals surface area (Å²) in [7, 11) is 0. The Labute approximate surface area is 87.4 Å². The molecule has 0 saturated carbocycles. The first-order valence-corrected chi connectivity index (χ1v) is 4.58. The second-order valence-electron chi connectivity index (χ2n) is 3.04. The first kappa shape index (κ1) is 11.4. The number of carbonyl (C=O) groups is 1. The van der Waals surface area contributed by atoms with Crippen molar-refractivity contribution in [3.63, 3.8) is 0 Å². The molecule has 1 N–H and O–H groups in total. The lowest BCUT2D eigenvalue weighted by Gasteiger charge is -2.04. The average molecular weight is 209 g/mol. The second kappa shape index (κ2) is 4.68. The van der Waals surface area contributed by atoms with Crippen molar-refractivity contribution < 1.29 is 13.9 Å². The predicted octanol–water partition coefficient (Wildman–Crippen LogP) is 2.39. The van der Waals surface area contributed by atoms with Crippen LogP contribution in [0, 0.1) is 11.2 Å². The molecule has 0 aromatic heterocycles. The fraction of sp³-hybridized carbons (Fsp3) is 0.273. The van der Waals surface area contributed by atoms with E-state index in [-0.39, 0.29) is 23.4 Å². The van der Waals surface area contributed by atoms with Crippen molar-refractivity contribution in [3.8, 4) is 0 Å². The lowest BCUT2D eigenvalue weighted by atomic mass is 10.1. The first-order valence-electron chi connectivity index (χ1n) is 4.58.